The summed E-state index contributed by atoms with van der Waals surface area (Å²) in [4.78, 5) is 39.6. The molecule has 7 heteroatoms. The molecule has 0 fully saturated rings. The zero-order chi connectivity index (χ0) is 19.6. The van der Waals surface area contributed by atoms with Gasteiger partial charge in [-0.15, -0.1) is 0 Å². The minimum atomic E-state index is -0.787. The zero-order valence-electron chi connectivity index (χ0n) is 14.9. The molecule has 0 saturated heterocycles. The Morgan fingerprint density at radius 1 is 1.11 bits per heavy atom. The number of aryl methyl sites for hydroxylation is 1. The van der Waals surface area contributed by atoms with Crippen molar-refractivity contribution in [2.75, 3.05) is 5.32 Å². The number of hydrogen-bond donors (Lipinski definition) is 2. The summed E-state index contributed by atoms with van der Waals surface area (Å²) < 4.78 is 14.7. The minimum absolute atomic E-state index is 0.178. The van der Waals surface area contributed by atoms with Crippen molar-refractivity contribution in [3.63, 3.8) is 0 Å². The van der Waals surface area contributed by atoms with Gasteiger partial charge in [-0.05, 0) is 37.1 Å². The molecule has 2 N–H and O–H groups in total. The Bertz CT molecular complexity index is 1130. The molecule has 1 amide bonds. The largest absolute Gasteiger partial charge is 0.328 e. The van der Waals surface area contributed by atoms with Crippen LogP contribution in [0, 0.1) is 19.7 Å². The highest BCUT2D eigenvalue weighted by Gasteiger charge is 2.17. The number of aromatic nitrogens is 2. The van der Waals surface area contributed by atoms with E-state index in [1.54, 1.807) is 18.2 Å². The number of aromatic amines is 1. The maximum Gasteiger partial charge on any atom is 0.328 e. The summed E-state index contributed by atoms with van der Waals surface area (Å²) in [7, 11) is 0. The van der Waals surface area contributed by atoms with Crippen LogP contribution in [0.3, 0.4) is 0 Å². The van der Waals surface area contributed by atoms with Crippen LogP contribution in [0.15, 0.2) is 58.3 Å². The maximum absolute atomic E-state index is 13.9. The first-order valence-corrected chi connectivity index (χ1v) is 8.32. The Labute approximate surface area is 154 Å². The number of amides is 1. The molecule has 0 spiro atoms. The number of rotatable bonds is 4. The van der Waals surface area contributed by atoms with Crippen molar-refractivity contribution >= 4 is 11.6 Å². The van der Waals surface area contributed by atoms with Crippen molar-refractivity contribution in [1.29, 1.82) is 0 Å². The van der Waals surface area contributed by atoms with Gasteiger partial charge in [0.05, 0.1) is 6.54 Å². The topological polar surface area (TPSA) is 84.0 Å². The molecule has 0 aliphatic rings. The standard InChI is InChI=1S/C20H18FN3O3/c1-12-6-5-9-17(13(12)2)23-18(25)15-10-22-20(27)24(19(15)26)11-14-7-3-4-8-16(14)21/h3-10H,11H2,1-2H3,(H,22,27)(H,23,25). The van der Waals surface area contributed by atoms with E-state index in [1.807, 2.05) is 19.9 Å². The monoisotopic (exact) mass is 367 g/mol. The van der Waals surface area contributed by atoms with E-state index < -0.39 is 23.0 Å². The quantitative estimate of drug-likeness (QED) is 0.743. The molecule has 3 aromatic rings. The average molecular weight is 367 g/mol. The summed E-state index contributed by atoms with van der Waals surface area (Å²) in [5.41, 5.74) is 0.889. The Hall–Kier alpha value is -3.48. The highest BCUT2D eigenvalue weighted by Crippen LogP contribution is 2.18. The lowest BCUT2D eigenvalue weighted by Gasteiger charge is -2.11. The van der Waals surface area contributed by atoms with E-state index in [4.69, 9.17) is 0 Å². The molecule has 6 nitrogen and oxygen atoms in total. The van der Waals surface area contributed by atoms with Crippen LogP contribution in [0.5, 0.6) is 0 Å². The van der Waals surface area contributed by atoms with Crippen LogP contribution in [-0.4, -0.2) is 15.5 Å². The van der Waals surface area contributed by atoms with Gasteiger partial charge in [0, 0.05) is 17.4 Å². The Morgan fingerprint density at radius 2 is 1.85 bits per heavy atom. The van der Waals surface area contributed by atoms with Crippen LogP contribution in [0.25, 0.3) is 0 Å². The second kappa shape index (κ2) is 7.41. The summed E-state index contributed by atoms with van der Waals surface area (Å²) in [6, 6.07) is 11.3. The Morgan fingerprint density at radius 3 is 2.59 bits per heavy atom. The average Bonchev–Trinajstić information content (AvgIpc) is 2.64. The lowest BCUT2D eigenvalue weighted by Crippen LogP contribution is -2.39. The van der Waals surface area contributed by atoms with Crippen molar-refractivity contribution in [3.8, 4) is 0 Å². The predicted molar refractivity (Wildman–Crippen MR) is 101 cm³/mol. The van der Waals surface area contributed by atoms with Crippen molar-refractivity contribution in [2.24, 2.45) is 0 Å². The molecule has 1 heterocycles. The number of nitrogens with zero attached hydrogens (tertiary/aromatic N) is 1. The SMILES string of the molecule is Cc1cccc(NC(=O)c2c[nH]c(=O)n(Cc3ccccc3F)c2=O)c1C. The molecule has 0 aliphatic heterocycles. The van der Waals surface area contributed by atoms with E-state index >= 15 is 0 Å². The van der Waals surface area contributed by atoms with Crippen molar-refractivity contribution in [1.82, 2.24) is 9.55 Å². The molecule has 0 saturated carbocycles. The Balaban J connectivity index is 1.96. The fraction of sp³-hybridized carbons (Fsp3) is 0.150. The number of nitrogens with one attached hydrogen (secondary N) is 2. The van der Waals surface area contributed by atoms with Gasteiger partial charge in [-0.3, -0.25) is 14.2 Å². The number of anilines is 1. The van der Waals surface area contributed by atoms with E-state index in [2.05, 4.69) is 10.3 Å². The van der Waals surface area contributed by atoms with E-state index in [1.165, 1.54) is 18.2 Å². The summed E-state index contributed by atoms with van der Waals surface area (Å²) in [6.45, 7) is 3.49. The van der Waals surface area contributed by atoms with Gasteiger partial charge in [-0.25, -0.2) is 9.18 Å². The van der Waals surface area contributed by atoms with Gasteiger partial charge in [0.1, 0.15) is 11.4 Å². The minimum Gasteiger partial charge on any atom is -0.322 e. The van der Waals surface area contributed by atoms with Gasteiger partial charge < -0.3 is 10.3 Å². The third-order valence-corrected chi connectivity index (χ3v) is 4.44. The molecule has 27 heavy (non-hydrogen) atoms. The fourth-order valence-electron chi connectivity index (χ4n) is 2.69. The van der Waals surface area contributed by atoms with Gasteiger partial charge in [0.2, 0.25) is 0 Å². The predicted octanol–water partition coefficient (Wildman–Crippen LogP) is 2.59. The van der Waals surface area contributed by atoms with E-state index in [9.17, 15) is 18.8 Å². The molecule has 138 valence electrons. The third-order valence-electron chi connectivity index (χ3n) is 4.44. The first kappa shape index (κ1) is 18.3. The fourth-order valence-corrected chi connectivity index (χ4v) is 2.69. The number of halogens is 1. The van der Waals surface area contributed by atoms with Crippen LogP contribution in [0.2, 0.25) is 0 Å². The van der Waals surface area contributed by atoms with Crippen molar-refractivity contribution in [3.05, 3.63) is 97.6 Å². The van der Waals surface area contributed by atoms with E-state index in [0.717, 1.165) is 21.9 Å². The third kappa shape index (κ3) is 3.72. The van der Waals surface area contributed by atoms with E-state index in [0.29, 0.717) is 5.69 Å². The van der Waals surface area contributed by atoms with Crippen molar-refractivity contribution < 1.29 is 9.18 Å². The van der Waals surface area contributed by atoms with Gasteiger partial charge in [0.15, 0.2) is 0 Å². The molecule has 3 rings (SSSR count). The summed E-state index contributed by atoms with van der Waals surface area (Å²) in [5.74, 6) is -1.18. The lowest BCUT2D eigenvalue weighted by atomic mass is 10.1. The summed E-state index contributed by atoms with van der Waals surface area (Å²) in [6.07, 6.45) is 1.07. The van der Waals surface area contributed by atoms with Crippen molar-refractivity contribution in [2.45, 2.75) is 20.4 Å². The molecule has 1 aromatic heterocycles. The number of hydrogen-bond acceptors (Lipinski definition) is 3. The first-order valence-electron chi connectivity index (χ1n) is 8.32. The zero-order valence-corrected chi connectivity index (χ0v) is 14.9. The molecule has 2 aromatic carbocycles. The molecular weight excluding hydrogens is 349 g/mol. The normalized spacial score (nSPS) is 10.6. The van der Waals surface area contributed by atoms with Crippen LogP contribution < -0.4 is 16.6 Å². The molecule has 0 atom stereocenters. The van der Waals surface area contributed by atoms with Crippen LogP contribution in [0.1, 0.15) is 27.0 Å². The molecule has 0 radical (unpaired) electrons. The number of carbonyl (C=O) groups is 1. The van der Waals surface area contributed by atoms with Gasteiger partial charge in [-0.2, -0.15) is 0 Å². The molecule has 0 aliphatic carbocycles. The second-order valence-corrected chi connectivity index (χ2v) is 6.19. The summed E-state index contributed by atoms with van der Waals surface area (Å²) in [5, 5.41) is 2.68. The molecular formula is C20H18FN3O3. The first-order chi connectivity index (χ1) is 12.9. The molecule has 0 unspecified atom stereocenters. The van der Waals surface area contributed by atoms with Gasteiger partial charge in [0.25, 0.3) is 11.5 Å². The summed E-state index contributed by atoms with van der Waals surface area (Å²) >= 11 is 0. The lowest BCUT2D eigenvalue weighted by molar-refractivity contribution is 0.102. The maximum atomic E-state index is 13.9. The number of H-pyrrole nitrogens is 1. The Kier molecular flexibility index (Phi) is 5.03. The smallest absolute Gasteiger partial charge is 0.322 e. The van der Waals surface area contributed by atoms with E-state index in [-0.39, 0.29) is 17.7 Å². The number of benzene rings is 2. The van der Waals surface area contributed by atoms with Crippen LogP contribution in [-0.2, 0) is 6.54 Å². The highest BCUT2D eigenvalue weighted by molar-refractivity contribution is 6.04. The molecule has 0 bridgehead atoms. The van der Waals surface area contributed by atoms with Crippen LogP contribution >= 0.6 is 0 Å². The van der Waals surface area contributed by atoms with Crippen LogP contribution in [0.4, 0.5) is 10.1 Å². The van der Waals surface area contributed by atoms with Gasteiger partial charge >= 0.3 is 5.69 Å². The highest BCUT2D eigenvalue weighted by atomic mass is 19.1. The number of carbonyl (C=O) groups excluding carboxylic acids is 1. The van der Waals surface area contributed by atoms with Gasteiger partial charge in [-0.1, -0.05) is 30.3 Å². The second-order valence-electron chi connectivity index (χ2n) is 6.19.